The molecule has 0 aliphatic carbocycles. The van der Waals surface area contributed by atoms with Gasteiger partial charge in [0, 0.05) is 44.4 Å². The van der Waals surface area contributed by atoms with Gasteiger partial charge in [0.1, 0.15) is 0 Å². The van der Waals surface area contributed by atoms with E-state index in [1.807, 2.05) is 13.8 Å². The van der Waals surface area contributed by atoms with Crippen LogP contribution >= 0.6 is 0 Å². The number of hydrogen-bond acceptors (Lipinski definition) is 3. The lowest BCUT2D eigenvalue weighted by atomic mass is 9.86. The van der Waals surface area contributed by atoms with E-state index in [2.05, 4.69) is 10.6 Å². The summed E-state index contributed by atoms with van der Waals surface area (Å²) < 4.78 is 26.7. The number of nitrogens with zero attached hydrogens (tertiary/aromatic N) is 1. The lowest BCUT2D eigenvalue weighted by Gasteiger charge is -2.33. The first kappa shape index (κ1) is 20.3. The number of halogens is 2. The molecule has 1 aromatic rings. The second-order valence-electron chi connectivity index (χ2n) is 6.51. The summed E-state index contributed by atoms with van der Waals surface area (Å²) in [6.45, 7) is 6.36. The standard InChI is InChI=1S/C19H27F2N3O2/c1-3-24(4-2)19(26)8-7-18(25)23-17-12-22-10-9-14(17)13-5-6-15(20)16(21)11-13/h5-6,11,14,17,22H,3-4,7-10,12H2,1-2H3,(H,23,25). The second-order valence-corrected chi connectivity index (χ2v) is 6.51. The quantitative estimate of drug-likeness (QED) is 0.777. The SMILES string of the molecule is CCN(CC)C(=O)CCC(=O)NC1CNCCC1c1ccc(F)c(F)c1. The van der Waals surface area contributed by atoms with Gasteiger partial charge in [0.15, 0.2) is 11.6 Å². The molecule has 2 amide bonds. The molecular weight excluding hydrogens is 340 g/mol. The number of hydrogen-bond donors (Lipinski definition) is 2. The summed E-state index contributed by atoms with van der Waals surface area (Å²) in [7, 11) is 0. The van der Waals surface area contributed by atoms with E-state index < -0.39 is 11.6 Å². The van der Waals surface area contributed by atoms with Gasteiger partial charge >= 0.3 is 0 Å². The molecule has 2 rings (SSSR count). The molecule has 1 aromatic carbocycles. The monoisotopic (exact) mass is 367 g/mol. The number of amides is 2. The van der Waals surface area contributed by atoms with Crippen LogP contribution in [0.25, 0.3) is 0 Å². The molecular formula is C19H27F2N3O2. The van der Waals surface area contributed by atoms with Crippen LogP contribution in [0.15, 0.2) is 18.2 Å². The van der Waals surface area contributed by atoms with E-state index in [1.165, 1.54) is 6.07 Å². The van der Waals surface area contributed by atoms with Crippen LogP contribution in [-0.2, 0) is 9.59 Å². The van der Waals surface area contributed by atoms with E-state index >= 15 is 0 Å². The fraction of sp³-hybridized carbons (Fsp3) is 0.579. The van der Waals surface area contributed by atoms with Crippen LogP contribution < -0.4 is 10.6 Å². The highest BCUT2D eigenvalue weighted by Gasteiger charge is 2.28. The molecule has 5 nitrogen and oxygen atoms in total. The molecule has 1 heterocycles. The summed E-state index contributed by atoms with van der Waals surface area (Å²) in [6, 6.07) is 3.67. The van der Waals surface area contributed by atoms with E-state index in [1.54, 1.807) is 11.0 Å². The van der Waals surface area contributed by atoms with E-state index in [9.17, 15) is 18.4 Å². The summed E-state index contributed by atoms with van der Waals surface area (Å²) >= 11 is 0. The first-order valence-electron chi connectivity index (χ1n) is 9.19. The lowest BCUT2D eigenvalue weighted by molar-refractivity contribution is -0.133. The van der Waals surface area contributed by atoms with Crippen molar-refractivity contribution in [2.45, 2.75) is 45.1 Å². The minimum Gasteiger partial charge on any atom is -0.351 e. The summed E-state index contributed by atoms with van der Waals surface area (Å²) in [6.07, 6.45) is 1.01. The molecule has 2 atom stereocenters. The van der Waals surface area contributed by atoms with Crippen LogP contribution in [0.1, 0.15) is 44.6 Å². The molecule has 1 aliphatic rings. The van der Waals surface area contributed by atoms with Gasteiger partial charge in [-0.25, -0.2) is 8.78 Å². The summed E-state index contributed by atoms with van der Waals surface area (Å²) in [4.78, 5) is 26.0. The Morgan fingerprint density at radius 1 is 1.19 bits per heavy atom. The minimum atomic E-state index is -0.879. The normalized spacial score (nSPS) is 19.8. The highest BCUT2D eigenvalue weighted by Crippen LogP contribution is 2.27. The van der Waals surface area contributed by atoms with Crippen molar-refractivity contribution >= 4 is 11.8 Å². The van der Waals surface area contributed by atoms with Gasteiger partial charge < -0.3 is 15.5 Å². The average Bonchev–Trinajstić information content (AvgIpc) is 2.64. The molecule has 7 heteroatoms. The fourth-order valence-electron chi connectivity index (χ4n) is 3.39. The third-order valence-electron chi connectivity index (χ3n) is 4.88. The zero-order valence-corrected chi connectivity index (χ0v) is 15.4. The van der Waals surface area contributed by atoms with Crippen LogP contribution in [-0.4, -0.2) is 48.9 Å². The topological polar surface area (TPSA) is 61.4 Å². The molecule has 1 fully saturated rings. The van der Waals surface area contributed by atoms with Crippen LogP contribution in [0.4, 0.5) is 8.78 Å². The Morgan fingerprint density at radius 3 is 2.58 bits per heavy atom. The van der Waals surface area contributed by atoms with Gasteiger partial charge in [-0.05, 0) is 44.5 Å². The maximum atomic E-state index is 13.6. The third kappa shape index (κ3) is 5.24. The van der Waals surface area contributed by atoms with E-state index in [0.29, 0.717) is 31.6 Å². The largest absolute Gasteiger partial charge is 0.351 e. The molecule has 2 unspecified atom stereocenters. The van der Waals surface area contributed by atoms with Crippen LogP contribution in [0.3, 0.4) is 0 Å². The molecule has 1 aliphatic heterocycles. The zero-order valence-electron chi connectivity index (χ0n) is 15.4. The fourth-order valence-corrected chi connectivity index (χ4v) is 3.39. The molecule has 2 N–H and O–H groups in total. The Bertz CT molecular complexity index is 635. The van der Waals surface area contributed by atoms with Crippen molar-refractivity contribution in [3.63, 3.8) is 0 Å². The smallest absolute Gasteiger partial charge is 0.223 e. The number of benzene rings is 1. The van der Waals surface area contributed by atoms with Crippen molar-refractivity contribution in [3.8, 4) is 0 Å². The van der Waals surface area contributed by atoms with Crippen molar-refractivity contribution in [3.05, 3.63) is 35.4 Å². The summed E-state index contributed by atoms with van der Waals surface area (Å²) in [5.74, 6) is -2.08. The Kier molecular flexibility index (Phi) is 7.50. The molecule has 0 radical (unpaired) electrons. The number of rotatable bonds is 7. The second kappa shape index (κ2) is 9.62. The van der Waals surface area contributed by atoms with Crippen molar-refractivity contribution in [1.29, 1.82) is 0 Å². The first-order chi connectivity index (χ1) is 12.5. The van der Waals surface area contributed by atoms with Crippen LogP contribution in [0.5, 0.6) is 0 Å². The van der Waals surface area contributed by atoms with Gasteiger partial charge in [-0.2, -0.15) is 0 Å². The molecule has 144 valence electrons. The molecule has 0 saturated carbocycles. The molecule has 0 aromatic heterocycles. The zero-order chi connectivity index (χ0) is 19.1. The molecule has 0 bridgehead atoms. The Balaban J connectivity index is 1.96. The Labute approximate surface area is 153 Å². The Hall–Kier alpha value is -2.02. The highest BCUT2D eigenvalue weighted by atomic mass is 19.2. The lowest BCUT2D eigenvalue weighted by Crippen LogP contribution is -2.50. The van der Waals surface area contributed by atoms with Gasteiger partial charge in [-0.3, -0.25) is 9.59 Å². The van der Waals surface area contributed by atoms with Crippen molar-refractivity contribution in [1.82, 2.24) is 15.5 Å². The predicted octanol–water partition coefficient (Wildman–Crippen LogP) is 2.18. The third-order valence-corrected chi connectivity index (χ3v) is 4.88. The van der Waals surface area contributed by atoms with Crippen molar-refractivity contribution in [2.75, 3.05) is 26.2 Å². The van der Waals surface area contributed by atoms with E-state index in [0.717, 1.165) is 12.6 Å². The maximum absolute atomic E-state index is 13.6. The molecule has 1 saturated heterocycles. The number of piperidine rings is 1. The average molecular weight is 367 g/mol. The van der Waals surface area contributed by atoms with Gasteiger partial charge in [-0.15, -0.1) is 0 Å². The van der Waals surface area contributed by atoms with Crippen molar-refractivity contribution < 1.29 is 18.4 Å². The minimum absolute atomic E-state index is 0.0379. The van der Waals surface area contributed by atoms with Crippen molar-refractivity contribution in [2.24, 2.45) is 0 Å². The van der Waals surface area contributed by atoms with Gasteiger partial charge in [0.25, 0.3) is 0 Å². The number of carbonyl (C=O) groups is 2. The maximum Gasteiger partial charge on any atom is 0.223 e. The van der Waals surface area contributed by atoms with Gasteiger partial charge in [0.2, 0.25) is 11.8 Å². The number of nitrogens with one attached hydrogen (secondary N) is 2. The molecule has 26 heavy (non-hydrogen) atoms. The van der Waals surface area contributed by atoms with Crippen LogP contribution in [0, 0.1) is 11.6 Å². The summed E-state index contributed by atoms with van der Waals surface area (Å²) in [5, 5.41) is 6.15. The molecule has 0 spiro atoms. The number of carbonyl (C=O) groups excluding carboxylic acids is 2. The Morgan fingerprint density at radius 2 is 1.92 bits per heavy atom. The van der Waals surface area contributed by atoms with E-state index in [-0.39, 0.29) is 36.6 Å². The van der Waals surface area contributed by atoms with Gasteiger partial charge in [0.05, 0.1) is 0 Å². The first-order valence-corrected chi connectivity index (χ1v) is 9.19. The highest BCUT2D eigenvalue weighted by molar-refractivity contribution is 5.84. The van der Waals surface area contributed by atoms with Gasteiger partial charge in [-0.1, -0.05) is 6.07 Å². The van der Waals surface area contributed by atoms with E-state index in [4.69, 9.17) is 0 Å². The predicted molar refractivity (Wildman–Crippen MR) is 95.7 cm³/mol. The summed E-state index contributed by atoms with van der Waals surface area (Å²) in [5.41, 5.74) is 0.676. The van der Waals surface area contributed by atoms with Crippen LogP contribution in [0.2, 0.25) is 0 Å².